The molecule has 0 spiro atoms. The van der Waals surface area contributed by atoms with Crippen molar-refractivity contribution in [2.24, 2.45) is 4.99 Å². The average Bonchev–Trinajstić information content (AvgIpc) is 2.28. The highest BCUT2D eigenvalue weighted by atomic mass is 79.9. The third-order valence-electron chi connectivity index (χ3n) is 1.82. The zero-order valence-corrected chi connectivity index (χ0v) is 11.2. The molecular formula is C11H14BrNO2S. The van der Waals surface area contributed by atoms with Gasteiger partial charge in [0.25, 0.3) is 0 Å². The first-order valence-corrected chi connectivity index (χ1v) is 6.86. The van der Waals surface area contributed by atoms with Crippen molar-refractivity contribution in [3.8, 4) is 5.75 Å². The van der Waals surface area contributed by atoms with Gasteiger partial charge in [-0.05, 0) is 18.2 Å². The molecule has 0 aliphatic carbocycles. The predicted molar refractivity (Wildman–Crippen MR) is 72.7 cm³/mol. The van der Waals surface area contributed by atoms with Crippen molar-refractivity contribution < 1.29 is 10.2 Å². The Kier molecular flexibility index (Phi) is 6.52. The summed E-state index contributed by atoms with van der Waals surface area (Å²) in [6.07, 6.45) is 1.67. The fraction of sp³-hybridized carbons (Fsp3) is 0.364. The molecule has 0 aliphatic rings. The highest BCUT2D eigenvalue weighted by molar-refractivity contribution is 9.10. The highest BCUT2D eigenvalue weighted by Crippen LogP contribution is 2.19. The van der Waals surface area contributed by atoms with Gasteiger partial charge in [-0.2, -0.15) is 11.8 Å². The van der Waals surface area contributed by atoms with Crippen LogP contribution in [0.15, 0.2) is 27.7 Å². The summed E-state index contributed by atoms with van der Waals surface area (Å²) in [7, 11) is 0. The van der Waals surface area contributed by atoms with E-state index in [-0.39, 0.29) is 12.4 Å². The van der Waals surface area contributed by atoms with E-state index in [1.54, 1.807) is 30.1 Å². The Hall–Kier alpha value is -0.520. The molecular weight excluding hydrogens is 290 g/mol. The van der Waals surface area contributed by atoms with Crippen LogP contribution < -0.4 is 0 Å². The summed E-state index contributed by atoms with van der Waals surface area (Å²) in [5, 5.41) is 18.1. The Bertz CT molecular complexity index is 358. The second-order valence-electron chi connectivity index (χ2n) is 3.07. The number of phenols is 1. The number of thioether (sulfide) groups is 1. The van der Waals surface area contributed by atoms with Crippen LogP contribution in [0.5, 0.6) is 5.75 Å². The molecule has 5 heteroatoms. The molecule has 88 valence electrons. The number of halogens is 1. The van der Waals surface area contributed by atoms with E-state index in [0.29, 0.717) is 12.1 Å². The molecule has 0 bridgehead atoms. The van der Waals surface area contributed by atoms with Crippen LogP contribution in [-0.2, 0) is 0 Å². The van der Waals surface area contributed by atoms with Crippen molar-refractivity contribution in [1.82, 2.24) is 0 Å². The minimum absolute atomic E-state index is 0.209. The normalized spacial score (nSPS) is 11.1. The summed E-state index contributed by atoms with van der Waals surface area (Å²) in [5.41, 5.74) is 0.710. The Balaban J connectivity index is 2.40. The topological polar surface area (TPSA) is 52.8 Å². The number of hydrogen-bond acceptors (Lipinski definition) is 4. The van der Waals surface area contributed by atoms with Crippen LogP contribution in [0.1, 0.15) is 5.56 Å². The Morgan fingerprint density at radius 2 is 2.19 bits per heavy atom. The Labute approximate surface area is 108 Å². The minimum atomic E-state index is 0.209. The van der Waals surface area contributed by atoms with Crippen molar-refractivity contribution in [1.29, 1.82) is 0 Å². The fourth-order valence-corrected chi connectivity index (χ4v) is 2.02. The monoisotopic (exact) mass is 303 g/mol. The first-order chi connectivity index (χ1) is 7.74. The number of aliphatic imine (C=N–C) groups is 1. The van der Waals surface area contributed by atoms with Crippen LogP contribution in [0.3, 0.4) is 0 Å². The quantitative estimate of drug-likeness (QED) is 0.626. The zero-order valence-electron chi connectivity index (χ0n) is 8.77. The number of aliphatic hydroxyl groups excluding tert-OH is 1. The second kappa shape index (κ2) is 7.70. The lowest BCUT2D eigenvalue weighted by atomic mass is 10.2. The SMILES string of the molecule is OCCSCCN=Cc1cc(Br)ccc1O. The number of benzene rings is 1. The lowest BCUT2D eigenvalue weighted by molar-refractivity contribution is 0.322. The third-order valence-corrected chi connectivity index (χ3v) is 3.26. The number of phenolic OH excluding ortho intramolecular Hbond substituents is 1. The van der Waals surface area contributed by atoms with Gasteiger partial charge in [-0.1, -0.05) is 15.9 Å². The van der Waals surface area contributed by atoms with E-state index in [2.05, 4.69) is 20.9 Å². The van der Waals surface area contributed by atoms with E-state index in [9.17, 15) is 5.11 Å². The van der Waals surface area contributed by atoms with E-state index in [4.69, 9.17) is 5.11 Å². The maximum atomic E-state index is 9.53. The predicted octanol–water partition coefficient (Wildman–Crippen LogP) is 2.30. The van der Waals surface area contributed by atoms with E-state index < -0.39 is 0 Å². The molecule has 0 unspecified atom stereocenters. The second-order valence-corrected chi connectivity index (χ2v) is 5.21. The van der Waals surface area contributed by atoms with Gasteiger partial charge in [0.15, 0.2) is 0 Å². The molecule has 0 heterocycles. The molecule has 1 rings (SSSR count). The molecule has 3 nitrogen and oxygen atoms in total. The minimum Gasteiger partial charge on any atom is -0.507 e. The lowest BCUT2D eigenvalue weighted by Crippen LogP contribution is -1.92. The van der Waals surface area contributed by atoms with Crippen molar-refractivity contribution in [3.05, 3.63) is 28.2 Å². The standard InChI is InChI=1S/C11H14BrNO2S/c12-10-1-2-11(15)9(7-10)8-13-3-5-16-6-4-14/h1-2,7-8,14-15H,3-6H2. The van der Waals surface area contributed by atoms with Gasteiger partial charge < -0.3 is 10.2 Å². The summed E-state index contributed by atoms with van der Waals surface area (Å²) in [4.78, 5) is 4.21. The van der Waals surface area contributed by atoms with Crippen LogP contribution >= 0.6 is 27.7 Å². The molecule has 0 atom stereocenters. The first-order valence-electron chi connectivity index (χ1n) is 4.91. The van der Waals surface area contributed by atoms with Crippen LogP contribution in [0, 0.1) is 0 Å². The van der Waals surface area contributed by atoms with Crippen molar-refractivity contribution in [2.75, 3.05) is 24.7 Å². The number of aliphatic hydroxyl groups is 1. The Morgan fingerprint density at radius 3 is 2.94 bits per heavy atom. The van der Waals surface area contributed by atoms with Crippen molar-refractivity contribution in [3.63, 3.8) is 0 Å². The van der Waals surface area contributed by atoms with Gasteiger partial charge in [-0.3, -0.25) is 4.99 Å². The lowest BCUT2D eigenvalue weighted by Gasteiger charge is -1.99. The van der Waals surface area contributed by atoms with Gasteiger partial charge in [0.05, 0.1) is 6.61 Å². The summed E-state index contributed by atoms with van der Waals surface area (Å²) in [6.45, 7) is 0.900. The maximum absolute atomic E-state index is 9.53. The molecule has 0 saturated heterocycles. The summed E-state index contributed by atoms with van der Waals surface area (Å²) in [6, 6.07) is 5.23. The third kappa shape index (κ3) is 5.01. The maximum Gasteiger partial charge on any atom is 0.124 e. The van der Waals surface area contributed by atoms with Crippen LogP contribution in [-0.4, -0.2) is 41.1 Å². The van der Waals surface area contributed by atoms with Gasteiger partial charge in [0.2, 0.25) is 0 Å². The number of hydrogen-bond donors (Lipinski definition) is 2. The van der Waals surface area contributed by atoms with Gasteiger partial charge in [-0.25, -0.2) is 0 Å². The molecule has 2 N–H and O–H groups in total. The van der Waals surface area contributed by atoms with E-state index in [1.807, 2.05) is 6.07 Å². The molecule has 0 aromatic heterocycles. The molecule has 16 heavy (non-hydrogen) atoms. The van der Waals surface area contributed by atoms with Gasteiger partial charge in [0.1, 0.15) is 5.75 Å². The summed E-state index contributed by atoms with van der Waals surface area (Å²) >= 11 is 5.00. The Morgan fingerprint density at radius 1 is 1.38 bits per heavy atom. The molecule has 0 saturated carbocycles. The average molecular weight is 304 g/mol. The van der Waals surface area contributed by atoms with Gasteiger partial charge >= 0.3 is 0 Å². The molecule has 1 aromatic carbocycles. The molecule has 0 aliphatic heterocycles. The molecule has 0 fully saturated rings. The van der Waals surface area contributed by atoms with Gasteiger partial charge in [0, 0.05) is 34.3 Å². The largest absolute Gasteiger partial charge is 0.507 e. The molecule has 0 radical (unpaired) electrons. The number of aromatic hydroxyl groups is 1. The van der Waals surface area contributed by atoms with Crippen LogP contribution in [0.2, 0.25) is 0 Å². The van der Waals surface area contributed by atoms with Crippen molar-refractivity contribution >= 4 is 33.9 Å². The fourth-order valence-electron chi connectivity index (χ4n) is 1.08. The van der Waals surface area contributed by atoms with Crippen molar-refractivity contribution in [2.45, 2.75) is 0 Å². The number of nitrogens with zero attached hydrogens (tertiary/aromatic N) is 1. The summed E-state index contributed by atoms with van der Waals surface area (Å²) in [5.74, 6) is 1.86. The van der Waals surface area contributed by atoms with Gasteiger partial charge in [-0.15, -0.1) is 0 Å². The summed E-state index contributed by atoms with van der Waals surface area (Å²) < 4.78 is 0.918. The molecule has 0 amide bonds. The first kappa shape index (κ1) is 13.5. The highest BCUT2D eigenvalue weighted by Gasteiger charge is 1.97. The zero-order chi connectivity index (χ0) is 11.8. The smallest absolute Gasteiger partial charge is 0.124 e. The van der Waals surface area contributed by atoms with Crippen LogP contribution in [0.25, 0.3) is 0 Å². The van der Waals surface area contributed by atoms with E-state index in [0.717, 1.165) is 16.0 Å². The molecule has 1 aromatic rings. The number of rotatable bonds is 6. The van der Waals surface area contributed by atoms with E-state index in [1.165, 1.54) is 0 Å². The van der Waals surface area contributed by atoms with Crippen LogP contribution in [0.4, 0.5) is 0 Å². The van der Waals surface area contributed by atoms with E-state index >= 15 is 0 Å².